The molecule has 0 bridgehead atoms. The van der Waals surface area contributed by atoms with Crippen LogP contribution in [0.5, 0.6) is 17.2 Å². The lowest BCUT2D eigenvalue weighted by molar-refractivity contribution is 0.174. The van der Waals surface area contributed by atoms with Gasteiger partial charge in [-0.3, -0.25) is 0 Å². The van der Waals surface area contributed by atoms with Crippen LogP contribution in [0.1, 0.15) is 5.56 Å². The molecule has 0 radical (unpaired) electrons. The van der Waals surface area contributed by atoms with E-state index in [0.717, 1.165) is 22.4 Å². The van der Waals surface area contributed by atoms with Crippen molar-refractivity contribution in [3.8, 4) is 28.4 Å². The molecule has 0 aromatic heterocycles. The molecule has 118 valence electrons. The van der Waals surface area contributed by atoms with Gasteiger partial charge in [-0.2, -0.15) is 5.10 Å². The quantitative estimate of drug-likeness (QED) is 0.508. The minimum absolute atomic E-state index is 0.104. The molecule has 0 aliphatic carbocycles. The van der Waals surface area contributed by atoms with E-state index in [9.17, 15) is 0 Å². The van der Waals surface area contributed by atoms with Crippen molar-refractivity contribution in [1.29, 1.82) is 0 Å². The van der Waals surface area contributed by atoms with Gasteiger partial charge in [0, 0.05) is 5.56 Å². The van der Waals surface area contributed by atoms with Gasteiger partial charge in [0.25, 0.3) is 0 Å². The summed E-state index contributed by atoms with van der Waals surface area (Å²) in [6, 6.07) is 11.4. The van der Waals surface area contributed by atoms with Crippen molar-refractivity contribution < 1.29 is 14.2 Å². The number of methoxy groups -OCH3 is 1. The fourth-order valence-corrected chi connectivity index (χ4v) is 2.24. The van der Waals surface area contributed by atoms with E-state index < -0.39 is 0 Å². The van der Waals surface area contributed by atoms with Crippen LogP contribution in [0.3, 0.4) is 0 Å². The summed E-state index contributed by atoms with van der Waals surface area (Å²) >= 11 is 0. The van der Waals surface area contributed by atoms with Gasteiger partial charge < -0.3 is 25.7 Å². The lowest BCUT2D eigenvalue weighted by Crippen LogP contribution is -2.21. The predicted octanol–water partition coefficient (Wildman–Crippen LogP) is 1.70. The maximum absolute atomic E-state index is 5.44. The average Bonchev–Trinajstić information content (AvgIpc) is 3.01. The highest BCUT2D eigenvalue weighted by Crippen LogP contribution is 2.38. The summed E-state index contributed by atoms with van der Waals surface area (Å²) in [6.45, 7) is 0.200. The highest BCUT2D eigenvalue weighted by atomic mass is 16.7. The molecule has 7 nitrogen and oxygen atoms in total. The van der Waals surface area contributed by atoms with Gasteiger partial charge in [0.1, 0.15) is 5.75 Å². The number of benzene rings is 2. The molecule has 0 amide bonds. The molecule has 0 atom stereocenters. The predicted molar refractivity (Wildman–Crippen MR) is 88.0 cm³/mol. The van der Waals surface area contributed by atoms with Crippen molar-refractivity contribution in [3.63, 3.8) is 0 Å². The zero-order valence-electron chi connectivity index (χ0n) is 12.5. The molecule has 1 heterocycles. The lowest BCUT2D eigenvalue weighted by atomic mass is 9.99. The van der Waals surface area contributed by atoms with Gasteiger partial charge in [-0.15, -0.1) is 5.10 Å². The number of nitrogens with zero attached hydrogens (tertiary/aromatic N) is 2. The highest BCUT2D eigenvalue weighted by Gasteiger charge is 2.17. The normalized spacial score (nSPS) is 12.4. The molecule has 7 heteroatoms. The fraction of sp³-hybridized carbons (Fsp3) is 0.125. The maximum Gasteiger partial charge on any atom is 0.231 e. The number of rotatable bonds is 4. The van der Waals surface area contributed by atoms with Crippen LogP contribution < -0.4 is 25.7 Å². The molecule has 1 aliphatic rings. The van der Waals surface area contributed by atoms with E-state index in [1.807, 2.05) is 36.4 Å². The third kappa shape index (κ3) is 3.18. The largest absolute Gasteiger partial charge is 0.497 e. The molecular formula is C16H16N4O3. The zero-order chi connectivity index (χ0) is 16.2. The minimum Gasteiger partial charge on any atom is -0.497 e. The number of hydrogen-bond acceptors (Lipinski definition) is 5. The van der Waals surface area contributed by atoms with E-state index in [0.29, 0.717) is 11.5 Å². The molecule has 0 saturated carbocycles. The first-order chi connectivity index (χ1) is 11.2. The first-order valence-electron chi connectivity index (χ1n) is 6.87. The van der Waals surface area contributed by atoms with Crippen molar-refractivity contribution >= 4 is 12.2 Å². The smallest absolute Gasteiger partial charge is 0.231 e. The maximum atomic E-state index is 5.44. The van der Waals surface area contributed by atoms with E-state index >= 15 is 0 Å². The summed E-state index contributed by atoms with van der Waals surface area (Å²) in [5, 5.41) is 7.50. The van der Waals surface area contributed by atoms with Crippen LogP contribution in [0.25, 0.3) is 11.1 Å². The topological polar surface area (TPSA) is 104 Å². The van der Waals surface area contributed by atoms with E-state index in [1.165, 1.54) is 0 Å². The van der Waals surface area contributed by atoms with Crippen molar-refractivity contribution in [2.24, 2.45) is 21.7 Å². The summed E-state index contributed by atoms with van der Waals surface area (Å²) in [5.41, 5.74) is 13.3. The Bertz CT molecular complexity index is 766. The molecule has 0 spiro atoms. The Morgan fingerprint density at radius 1 is 1.13 bits per heavy atom. The number of hydrogen-bond donors (Lipinski definition) is 2. The molecular weight excluding hydrogens is 296 g/mol. The van der Waals surface area contributed by atoms with Gasteiger partial charge in [0.15, 0.2) is 11.5 Å². The first-order valence-corrected chi connectivity index (χ1v) is 6.87. The van der Waals surface area contributed by atoms with Crippen LogP contribution >= 0.6 is 0 Å². The first kappa shape index (κ1) is 14.7. The van der Waals surface area contributed by atoms with Gasteiger partial charge in [-0.25, -0.2) is 0 Å². The average molecular weight is 312 g/mol. The van der Waals surface area contributed by atoms with Crippen LogP contribution in [0.4, 0.5) is 0 Å². The molecule has 23 heavy (non-hydrogen) atoms. The summed E-state index contributed by atoms with van der Waals surface area (Å²) in [5.74, 6) is 2.03. The van der Waals surface area contributed by atoms with Crippen LogP contribution in [-0.2, 0) is 0 Å². The molecule has 3 rings (SSSR count). The third-order valence-electron chi connectivity index (χ3n) is 3.32. The number of ether oxygens (including phenoxy) is 3. The lowest BCUT2D eigenvalue weighted by Gasteiger charge is -2.09. The van der Waals surface area contributed by atoms with Crippen LogP contribution in [0, 0.1) is 0 Å². The molecule has 0 unspecified atom stereocenters. The van der Waals surface area contributed by atoms with Crippen LogP contribution in [0.2, 0.25) is 0 Å². The monoisotopic (exact) mass is 312 g/mol. The summed E-state index contributed by atoms with van der Waals surface area (Å²) in [7, 11) is 1.63. The molecule has 2 aromatic rings. The van der Waals surface area contributed by atoms with Gasteiger partial charge >= 0.3 is 0 Å². The fourth-order valence-electron chi connectivity index (χ4n) is 2.24. The van der Waals surface area contributed by atoms with Gasteiger partial charge in [-0.1, -0.05) is 12.1 Å². The second kappa shape index (κ2) is 6.27. The molecule has 0 fully saturated rings. The van der Waals surface area contributed by atoms with Crippen LogP contribution in [-0.4, -0.2) is 26.1 Å². The number of guanidine groups is 1. The second-order valence-electron chi connectivity index (χ2n) is 4.79. The van der Waals surface area contributed by atoms with Gasteiger partial charge in [-0.05, 0) is 35.4 Å². The number of fused-ring (bicyclic) bond motifs is 1. The Morgan fingerprint density at radius 3 is 2.48 bits per heavy atom. The standard InChI is InChI=1S/C16H16N4O3/c1-21-12-4-2-10(3-5-12)13-7-15-14(22-9-23-15)6-11(13)8-19-20-16(17)18/h2-8H,9H2,1H3,(H4,17,18,20). The summed E-state index contributed by atoms with van der Waals surface area (Å²) in [6.07, 6.45) is 1.57. The van der Waals surface area contributed by atoms with Crippen molar-refractivity contribution in [3.05, 3.63) is 42.0 Å². The number of nitrogens with two attached hydrogens (primary N) is 2. The Morgan fingerprint density at radius 2 is 1.83 bits per heavy atom. The Hall–Kier alpha value is -3.22. The minimum atomic E-state index is -0.104. The zero-order valence-corrected chi connectivity index (χ0v) is 12.5. The second-order valence-corrected chi connectivity index (χ2v) is 4.79. The van der Waals surface area contributed by atoms with E-state index in [4.69, 9.17) is 25.7 Å². The van der Waals surface area contributed by atoms with E-state index in [-0.39, 0.29) is 12.8 Å². The highest BCUT2D eigenvalue weighted by molar-refractivity contribution is 5.92. The summed E-state index contributed by atoms with van der Waals surface area (Å²) < 4.78 is 16.0. The van der Waals surface area contributed by atoms with Crippen molar-refractivity contribution in [2.75, 3.05) is 13.9 Å². The van der Waals surface area contributed by atoms with Gasteiger partial charge in [0.05, 0.1) is 13.3 Å². The van der Waals surface area contributed by atoms with Gasteiger partial charge in [0.2, 0.25) is 12.8 Å². The molecule has 2 aromatic carbocycles. The Balaban J connectivity index is 2.05. The Labute approximate surface area is 133 Å². The third-order valence-corrected chi connectivity index (χ3v) is 3.32. The SMILES string of the molecule is COc1ccc(-c2cc3c(cc2C=NN=C(N)N)OCO3)cc1. The molecule has 4 N–H and O–H groups in total. The summed E-state index contributed by atoms with van der Waals surface area (Å²) in [4.78, 5) is 0. The van der Waals surface area contributed by atoms with Crippen molar-refractivity contribution in [1.82, 2.24) is 0 Å². The molecule has 1 aliphatic heterocycles. The van der Waals surface area contributed by atoms with E-state index in [1.54, 1.807) is 13.3 Å². The Kier molecular flexibility index (Phi) is 4.01. The van der Waals surface area contributed by atoms with E-state index in [2.05, 4.69) is 10.2 Å². The van der Waals surface area contributed by atoms with Crippen LogP contribution in [0.15, 0.2) is 46.6 Å². The van der Waals surface area contributed by atoms with Crippen molar-refractivity contribution in [2.45, 2.75) is 0 Å². The molecule has 0 saturated heterocycles.